The average Bonchev–Trinajstić information content (AvgIpc) is 3.23. The van der Waals surface area contributed by atoms with Crippen molar-refractivity contribution < 1.29 is 28.5 Å². The van der Waals surface area contributed by atoms with Gasteiger partial charge in [-0.25, -0.2) is 4.79 Å². The Balaban J connectivity index is 1.84. The van der Waals surface area contributed by atoms with E-state index in [2.05, 4.69) is 21.2 Å². The largest absolute Gasteiger partial charge is 0.493 e. The molecule has 9 heteroatoms. The van der Waals surface area contributed by atoms with Crippen molar-refractivity contribution in [3.8, 4) is 28.4 Å². The van der Waals surface area contributed by atoms with Crippen molar-refractivity contribution in [3.63, 3.8) is 0 Å². The molecule has 0 unspecified atom stereocenters. The molecule has 0 aliphatic rings. The van der Waals surface area contributed by atoms with Gasteiger partial charge in [0.25, 0.3) is 5.91 Å². The smallest absolute Gasteiger partial charge is 0.341 e. The molecule has 1 aromatic heterocycles. The minimum absolute atomic E-state index is 0.201. The van der Waals surface area contributed by atoms with E-state index in [-0.39, 0.29) is 24.7 Å². The molecule has 1 N–H and O–H groups in total. The first kappa shape index (κ1) is 24.6. The van der Waals surface area contributed by atoms with E-state index in [1.54, 1.807) is 44.7 Å². The lowest BCUT2D eigenvalue weighted by atomic mass is 10.0. The number of hydrogen-bond acceptors (Lipinski definition) is 7. The molecule has 1 heterocycles. The normalized spacial score (nSPS) is 10.5. The second-order valence-electron chi connectivity index (χ2n) is 6.89. The van der Waals surface area contributed by atoms with E-state index in [1.165, 1.54) is 11.3 Å². The summed E-state index contributed by atoms with van der Waals surface area (Å²) >= 11 is 4.67. The molecule has 3 rings (SSSR count). The minimum atomic E-state index is -0.525. The van der Waals surface area contributed by atoms with Gasteiger partial charge in [-0.15, -0.1) is 11.3 Å². The topological polar surface area (TPSA) is 83.1 Å². The van der Waals surface area contributed by atoms with Crippen LogP contribution in [0.15, 0.2) is 46.3 Å². The number of methoxy groups -OCH3 is 2. The molecule has 0 radical (unpaired) electrons. The SMILES string of the molecule is CCOC(=O)c1c(-c2ccc(OC)c(OC)c2)csc1NC(=O)COc1ccc(Br)c(C)c1. The predicted molar refractivity (Wildman–Crippen MR) is 132 cm³/mol. The second kappa shape index (κ2) is 11.2. The summed E-state index contributed by atoms with van der Waals surface area (Å²) in [6.07, 6.45) is 0. The van der Waals surface area contributed by atoms with Crippen LogP contribution < -0.4 is 19.5 Å². The first-order valence-electron chi connectivity index (χ1n) is 10.1. The van der Waals surface area contributed by atoms with Crippen LogP contribution in [-0.4, -0.2) is 39.3 Å². The number of halogens is 1. The first-order chi connectivity index (χ1) is 15.9. The molecule has 0 aliphatic carbocycles. The van der Waals surface area contributed by atoms with E-state index in [9.17, 15) is 9.59 Å². The van der Waals surface area contributed by atoms with Gasteiger partial charge < -0.3 is 24.3 Å². The maximum Gasteiger partial charge on any atom is 0.341 e. The predicted octanol–water partition coefficient (Wildman–Crippen LogP) is 5.70. The van der Waals surface area contributed by atoms with Crippen molar-refractivity contribution in [3.05, 3.63) is 57.4 Å². The van der Waals surface area contributed by atoms with E-state index in [4.69, 9.17) is 18.9 Å². The number of ether oxygens (including phenoxy) is 4. The number of thiophene rings is 1. The molecule has 0 bridgehead atoms. The summed E-state index contributed by atoms with van der Waals surface area (Å²) in [5.41, 5.74) is 2.63. The number of aryl methyl sites for hydroxylation is 1. The van der Waals surface area contributed by atoms with Crippen LogP contribution in [0.1, 0.15) is 22.8 Å². The molecular formula is C24H24BrNO6S. The molecule has 0 spiro atoms. The molecule has 1 amide bonds. The van der Waals surface area contributed by atoms with Crippen LogP contribution in [0.2, 0.25) is 0 Å². The van der Waals surface area contributed by atoms with E-state index in [0.717, 1.165) is 15.6 Å². The van der Waals surface area contributed by atoms with Gasteiger partial charge in [0.1, 0.15) is 16.3 Å². The summed E-state index contributed by atoms with van der Waals surface area (Å²) in [7, 11) is 3.09. The molecule has 3 aromatic rings. The van der Waals surface area contributed by atoms with Gasteiger partial charge in [0, 0.05) is 15.4 Å². The summed E-state index contributed by atoms with van der Waals surface area (Å²) in [4.78, 5) is 25.3. The summed E-state index contributed by atoms with van der Waals surface area (Å²) in [6.45, 7) is 3.67. The quantitative estimate of drug-likeness (QED) is 0.355. The number of esters is 1. The number of hydrogen-bond donors (Lipinski definition) is 1. The number of anilines is 1. The van der Waals surface area contributed by atoms with Crippen LogP contribution in [0, 0.1) is 6.92 Å². The highest BCUT2D eigenvalue weighted by atomic mass is 79.9. The molecule has 33 heavy (non-hydrogen) atoms. The Labute approximate surface area is 204 Å². The van der Waals surface area contributed by atoms with Crippen molar-refractivity contribution in [2.45, 2.75) is 13.8 Å². The summed E-state index contributed by atoms with van der Waals surface area (Å²) in [6, 6.07) is 10.8. The third-order valence-corrected chi connectivity index (χ3v) is 6.50. The number of carbonyl (C=O) groups is 2. The van der Waals surface area contributed by atoms with Gasteiger partial charge in [-0.3, -0.25) is 4.79 Å². The summed E-state index contributed by atoms with van der Waals surface area (Å²) < 4.78 is 22.5. The van der Waals surface area contributed by atoms with Gasteiger partial charge >= 0.3 is 5.97 Å². The zero-order valence-electron chi connectivity index (χ0n) is 18.7. The maximum atomic E-state index is 12.8. The van der Waals surface area contributed by atoms with E-state index in [1.807, 2.05) is 25.1 Å². The Morgan fingerprint density at radius 1 is 1.06 bits per heavy atom. The average molecular weight is 534 g/mol. The third-order valence-electron chi connectivity index (χ3n) is 4.72. The Hall–Kier alpha value is -3.04. The number of carbonyl (C=O) groups excluding carboxylic acids is 2. The highest BCUT2D eigenvalue weighted by molar-refractivity contribution is 9.10. The van der Waals surface area contributed by atoms with Crippen LogP contribution in [0.4, 0.5) is 5.00 Å². The molecule has 0 saturated carbocycles. The Morgan fingerprint density at radius 3 is 2.48 bits per heavy atom. The molecule has 7 nitrogen and oxygen atoms in total. The fraction of sp³-hybridized carbons (Fsp3) is 0.250. The van der Waals surface area contributed by atoms with Crippen molar-refractivity contribution >= 4 is 44.1 Å². The molecule has 0 saturated heterocycles. The Bertz CT molecular complexity index is 1160. The van der Waals surface area contributed by atoms with E-state index in [0.29, 0.717) is 27.8 Å². The van der Waals surface area contributed by atoms with Gasteiger partial charge in [-0.05, 0) is 55.3 Å². The number of rotatable bonds is 9. The lowest BCUT2D eigenvalue weighted by Gasteiger charge is -2.12. The molecule has 2 aromatic carbocycles. The Morgan fingerprint density at radius 2 is 1.82 bits per heavy atom. The standard InChI is InChI=1S/C24H24BrNO6S/c1-5-31-24(28)22-17(15-6-9-19(29-3)20(11-15)30-4)13-33-23(22)26-21(27)12-32-16-7-8-18(25)14(2)10-16/h6-11,13H,5,12H2,1-4H3,(H,26,27). The molecule has 174 valence electrons. The fourth-order valence-corrected chi connectivity index (χ4v) is 4.31. The van der Waals surface area contributed by atoms with Crippen molar-refractivity contribution in [2.75, 3.05) is 32.8 Å². The highest BCUT2D eigenvalue weighted by Gasteiger charge is 2.23. The van der Waals surface area contributed by atoms with Gasteiger partial charge in [0.2, 0.25) is 0 Å². The van der Waals surface area contributed by atoms with Crippen molar-refractivity contribution in [1.29, 1.82) is 0 Å². The van der Waals surface area contributed by atoms with Crippen molar-refractivity contribution in [2.24, 2.45) is 0 Å². The van der Waals surface area contributed by atoms with Gasteiger partial charge in [-0.1, -0.05) is 22.0 Å². The third kappa shape index (κ3) is 5.85. The van der Waals surface area contributed by atoms with Crippen LogP contribution in [-0.2, 0) is 9.53 Å². The maximum absolute atomic E-state index is 12.8. The Kier molecular flexibility index (Phi) is 8.35. The zero-order valence-corrected chi connectivity index (χ0v) is 21.1. The monoisotopic (exact) mass is 533 g/mol. The van der Waals surface area contributed by atoms with Gasteiger partial charge in [0.05, 0.1) is 20.8 Å². The molecule has 0 fully saturated rings. The van der Waals surface area contributed by atoms with Crippen LogP contribution in [0.5, 0.6) is 17.2 Å². The molecule has 0 atom stereocenters. The van der Waals surface area contributed by atoms with Crippen molar-refractivity contribution in [1.82, 2.24) is 0 Å². The lowest BCUT2D eigenvalue weighted by molar-refractivity contribution is -0.118. The lowest BCUT2D eigenvalue weighted by Crippen LogP contribution is -2.21. The van der Waals surface area contributed by atoms with Crippen LogP contribution in [0.25, 0.3) is 11.1 Å². The summed E-state index contributed by atoms with van der Waals surface area (Å²) in [5, 5.41) is 4.96. The fourth-order valence-electron chi connectivity index (χ4n) is 3.09. The first-order valence-corrected chi connectivity index (χ1v) is 11.7. The summed E-state index contributed by atoms with van der Waals surface area (Å²) in [5.74, 6) is 0.765. The van der Waals surface area contributed by atoms with Crippen LogP contribution >= 0.6 is 27.3 Å². The number of nitrogens with one attached hydrogen (secondary N) is 1. The van der Waals surface area contributed by atoms with E-state index >= 15 is 0 Å². The molecular weight excluding hydrogens is 510 g/mol. The minimum Gasteiger partial charge on any atom is -0.493 e. The number of benzene rings is 2. The van der Waals surface area contributed by atoms with E-state index < -0.39 is 5.97 Å². The highest BCUT2D eigenvalue weighted by Crippen LogP contribution is 2.39. The number of amides is 1. The second-order valence-corrected chi connectivity index (χ2v) is 8.63. The van der Waals surface area contributed by atoms with Gasteiger partial charge in [0.15, 0.2) is 18.1 Å². The zero-order chi connectivity index (χ0) is 24.0. The molecule has 0 aliphatic heterocycles. The van der Waals surface area contributed by atoms with Gasteiger partial charge in [-0.2, -0.15) is 0 Å². The van der Waals surface area contributed by atoms with Crippen LogP contribution in [0.3, 0.4) is 0 Å².